The number of halogens is 1. The molecule has 0 saturated heterocycles. The van der Waals surface area contributed by atoms with Gasteiger partial charge in [0.15, 0.2) is 0 Å². The standard InChI is InChI=1S/C12H19BrN2S/c1-15(7-10-3-4-11(13)16-10)9-12(8-14)5-2-6-12/h3-4H,2,5-9,14H2,1H3. The largest absolute Gasteiger partial charge is 0.330 e. The molecule has 1 fully saturated rings. The zero-order valence-electron chi connectivity index (χ0n) is 9.71. The van der Waals surface area contributed by atoms with Gasteiger partial charge in [-0.05, 0) is 59.9 Å². The predicted octanol–water partition coefficient (Wildman–Crippen LogP) is 3.07. The molecule has 0 radical (unpaired) electrons. The van der Waals surface area contributed by atoms with E-state index in [0.29, 0.717) is 5.41 Å². The third-order valence-electron chi connectivity index (χ3n) is 3.51. The maximum absolute atomic E-state index is 5.88. The minimum Gasteiger partial charge on any atom is -0.330 e. The van der Waals surface area contributed by atoms with Gasteiger partial charge in [-0.3, -0.25) is 0 Å². The number of nitrogens with two attached hydrogens (primary N) is 1. The summed E-state index contributed by atoms with van der Waals surface area (Å²) in [4.78, 5) is 3.82. The van der Waals surface area contributed by atoms with Gasteiger partial charge in [0, 0.05) is 18.0 Å². The van der Waals surface area contributed by atoms with Crippen LogP contribution in [0.1, 0.15) is 24.1 Å². The molecular formula is C12H19BrN2S. The molecule has 16 heavy (non-hydrogen) atoms. The summed E-state index contributed by atoms with van der Waals surface area (Å²) in [6.45, 7) is 3.02. The van der Waals surface area contributed by atoms with Crippen LogP contribution in [-0.4, -0.2) is 25.0 Å². The van der Waals surface area contributed by atoms with E-state index in [4.69, 9.17) is 5.73 Å². The van der Waals surface area contributed by atoms with Gasteiger partial charge in [0.2, 0.25) is 0 Å². The second-order valence-corrected chi connectivity index (χ2v) is 7.48. The fraction of sp³-hybridized carbons (Fsp3) is 0.667. The normalized spacial score (nSPS) is 18.8. The van der Waals surface area contributed by atoms with Gasteiger partial charge in [0.25, 0.3) is 0 Å². The monoisotopic (exact) mass is 302 g/mol. The Kier molecular flexibility index (Phi) is 4.06. The summed E-state index contributed by atoms with van der Waals surface area (Å²) >= 11 is 5.32. The number of hydrogen-bond acceptors (Lipinski definition) is 3. The average molecular weight is 303 g/mol. The zero-order valence-corrected chi connectivity index (χ0v) is 12.1. The highest BCUT2D eigenvalue weighted by molar-refractivity contribution is 9.11. The van der Waals surface area contributed by atoms with Crippen LogP contribution in [0.25, 0.3) is 0 Å². The molecule has 90 valence electrons. The SMILES string of the molecule is CN(Cc1ccc(Br)s1)CC1(CN)CCC1. The first-order valence-corrected chi connectivity index (χ1v) is 7.37. The number of thiophene rings is 1. The number of nitrogens with zero attached hydrogens (tertiary/aromatic N) is 1. The van der Waals surface area contributed by atoms with E-state index in [1.807, 2.05) is 11.3 Å². The Morgan fingerprint density at radius 1 is 1.50 bits per heavy atom. The van der Waals surface area contributed by atoms with Crippen molar-refractivity contribution in [1.29, 1.82) is 0 Å². The van der Waals surface area contributed by atoms with Crippen molar-refractivity contribution < 1.29 is 0 Å². The molecule has 1 heterocycles. The first-order chi connectivity index (χ1) is 7.63. The van der Waals surface area contributed by atoms with Crippen LogP contribution >= 0.6 is 27.3 Å². The van der Waals surface area contributed by atoms with Gasteiger partial charge in [-0.1, -0.05) is 6.42 Å². The molecule has 0 unspecified atom stereocenters. The van der Waals surface area contributed by atoms with Crippen molar-refractivity contribution in [3.8, 4) is 0 Å². The van der Waals surface area contributed by atoms with Crippen molar-refractivity contribution in [2.75, 3.05) is 20.1 Å². The second-order valence-electron chi connectivity index (χ2n) is 4.94. The Hall–Kier alpha value is 0.1000. The molecule has 1 aliphatic carbocycles. The van der Waals surface area contributed by atoms with Crippen molar-refractivity contribution in [2.45, 2.75) is 25.8 Å². The van der Waals surface area contributed by atoms with E-state index in [-0.39, 0.29) is 0 Å². The van der Waals surface area contributed by atoms with E-state index >= 15 is 0 Å². The topological polar surface area (TPSA) is 29.3 Å². The predicted molar refractivity (Wildman–Crippen MR) is 73.7 cm³/mol. The Bertz CT molecular complexity index is 341. The molecule has 0 bridgehead atoms. The molecule has 0 aliphatic heterocycles. The first-order valence-electron chi connectivity index (χ1n) is 5.76. The summed E-state index contributed by atoms with van der Waals surface area (Å²) < 4.78 is 1.22. The smallest absolute Gasteiger partial charge is 0.0701 e. The highest BCUT2D eigenvalue weighted by Gasteiger charge is 2.36. The molecule has 0 spiro atoms. The maximum Gasteiger partial charge on any atom is 0.0701 e. The second kappa shape index (κ2) is 5.17. The Morgan fingerprint density at radius 3 is 2.69 bits per heavy atom. The van der Waals surface area contributed by atoms with Crippen LogP contribution in [-0.2, 0) is 6.54 Å². The summed E-state index contributed by atoms with van der Waals surface area (Å²) in [5, 5.41) is 0. The van der Waals surface area contributed by atoms with E-state index in [1.54, 1.807) is 0 Å². The summed E-state index contributed by atoms with van der Waals surface area (Å²) in [6.07, 6.45) is 3.97. The fourth-order valence-electron chi connectivity index (χ4n) is 2.43. The molecule has 1 aromatic rings. The molecule has 1 aromatic heterocycles. The molecule has 1 saturated carbocycles. The van der Waals surface area contributed by atoms with E-state index in [2.05, 4.69) is 40.0 Å². The minimum atomic E-state index is 0.420. The van der Waals surface area contributed by atoms with Crippen LogP contribution < -0.4 is 5.73 Å². The molecule has 2 N–H and O–H groups in total. The van der Waals surface area contributed by atoms with Crippen molar-refractivity contribution in [3.05, 3.63) is 20.8 Å². The zero-order chi connectivity index (χ0) is 11.6. The Morgan fingerprint density at radius 2 is 2.25 bits per heavy atom. The van der Waals surface area contributed by atoms with E-state index in [1.165, 1.54) is 27.9 Å². The van der Waals surface area contributed by atoms with Gasteiger partial charge < -0.3 is 10.6 Å². The van der Waals surface area contributed by atoms with Crippen molar-refractivity contribution >= 4 is 27.3 Å². The third-order valence-corrected chi connectivity index (χ3v) is 5.12. The molecule has 1 aliphatic rings. The molecule has 2 rings (SSSR count). The van der Waals surface area contributed by atoms with Gasteiger partial charge in [0.1, 0.15) is 0 Å². The van der Waals surface area contributed by atoms with E-state index in [9.17, 15) is 0 Å². The molecular weight excluding hydrogens is 284 g/mol. The van der Waals surface area contributed by atoms with Gasteiger partial charge in [-0.25, -0.2) is 0 Å². The van der Waals surface area contributed by atoms with Crippen LogP contribution in [0.2, 0.25) is 0 Å². The lowest BCUT2D eigenvalue weighted by atomic mass is 9.68. The minimum absolute atomic E-state index is 0.420. The summed E-state index contributed by atoms with van der Waals surface area (Å²) in [6, 6.07) is 4.32. The Balaban J connectivity index is 1.86. The highest BCUT2D eigenvalue weighted by atomic mass is 79.9. The molecule has 4 heteroatoms. The Labute approximate surface area is 110 Å². The lowest BCUT2D eigenvalue weighted by Crippen LogP contribution is -2.45. The first kappa shape index (κ1) is 12.6. The third kappa shape index (κ3) is 2.86. The van der Waals surface area contributed by atoms with E-state index < -0.39 is 0 Å². The highest BCUT2D eigenvalue weighted by Crippen LogP contribution is 2.40. The van der Waals surface area contributed by atoms with Crippen LogP contribution in [0.3, 0.4) is 0 Å². The van der Waals surface area contributed by atoms with Crippen molar-refractivity contribution in [3.63, 3.8) is 0 Å². The van der Waals surface area contributed by atoms with Crippen LogP contribution in [0.15, 0.2) is 15.9 Å². The van der Waals surface area contributed by atoms with Gasteiger partial charge in [0.05, 0.1) is 3.79 Å². The quantitative estimate of drug-likeness (QED) is 0.906. The molecule has 0 atom stereocenters. The maximum atomic E-state index is 5.88. The van der Waals surface area contributed by atoms with Crippen LogP contribution in [0.4, 0.5) is 0 Å². The van der Waals surface area contributed by atoms with Crippen LogP contribution in [0.5, 0.6) is 0 Å². The van der Waals surface area contributed by atoms with Crippen LogP contribution in [0, 0.1) is 5.41 Å². The summed E-state index contributed by atoms with van der Waals surface area (Å²) in [5.41, 5.74) is 6.30. The number of rotatable bonds is 5. The lowest BCUT2D eigenvalue weighted by molar-refractivity contribution is 0.0850. The lowest BCUT2D eigenvalue weighted by Gasteiger charge is -2.43. The molecule has 0 amide bonds. The summed E-state index contributed by atoms with van der Waals surface area (Å²) in [7, 11) is 2.20. The van der Waals surface area contributed by atoms with Gasteiger partial charge in [-0.2, -0.15) is 0 Å². The summed E-state index contributed by atoms with van der Waals surface area (Å²) in [5.74, 6) is 0. The number of hydrogen-bond donors (Lipinski definition) is 1. The van der Waals surface area contributed by atoms with Gasteiger partial charge >= 0.3 is 0 Å². The van der Waals surface area contributed by atoms with E-state index in [0.717, 1.165) is 19.6 Å². The average Bonchev–Trinajstić information content (AvgIpc) is 2.57. The fourth-order valence-corrected chi connectivity index (χ4v) is 4.00. The molecule has 2 nitrogen and oxygen atoms in total. The van der Waals surface area contributed by atoms with Crippen molar-refractivity contribution in [2.24, 2.45) is 11.1 Å². The van der Waals surface area contributed by atoms with Gasteiger partial charge in [-0.15, -0.1) is 11.3 Å². The van der Waals surface area contributed by atoms with Crippen molar-refractivity contribution in [1.82, 2.24) is 4.90 Å². The molecule has 0 aromatic carbocycles.